The molecule has 0 aliphatic carbocycles. The number of nitro groups is 1. The summed E-state index contributed by atoms with van der Waals surface area (Å²) in [6, 6.07) is 8.02. The number of carboxylic acid groups (broad SMARTS) is 1. The number of carbonyl (C=O) groups is 1. The lowest BCUT2D eigenvalue weighted by Crippen LogP contribution is -2.29. The Morgan fingerprint density at radius 3 is 2.50 bits per heavy atom. The van der Waals surface area contributed by atoms with Gasteiger partial charge in [0.15, 0.2) is 0 Å². The molecule has 5 nitrogen and oxygen atoms in total. The summed E-state index contributed by atoms with van der Waals surface area (Å²) in [5.41, 5.74) is 1.06. The highest BCUT2D eigenvalue weighted by Gasteiger charge is 2.28. The van der Waals surface area contributed by atoms with Crippen LogP contribution in [0.5, 0.6) is 0 Å². The normalized spacial score (nSPS) is 12.0. The number of nitrogens with zero attached hydrogens (tertiary/aromatic N) is 1. The Hall–Kier alpha value is -1.91. The molecule has 1 N–H and O–H groups in total. The van der Waals surface area contributed by atoms with Gasteiger partial charge in [0.05, 0.1) is 0 Å². The molecule has 0 bridgehead atoms. The maximum Gasteiger partial charge on any atom is 0.379 e. The molecule has 1 aromatic rings. The molecule has 5 heteroatoms. The second-order valence-corrected chi connectivity index (χ2v) is 3.52. The Balaban J connectivity index is 2.40. The molecule has 1 aromatic carbocycles. The van der Waals surface area contributed by atoms with Gasteiger partial charge in [-0.1, -0.05) is 30.3 Å². The van der Waals surface area contributed by atoms with Crippen LogP contribution in [0.3, 0.4) is 0 Å². The van der Waals surface area contributed by atoms with Crippen LogP contribution in [0.25, 0.3) is 0 Å². The minimum atomic E-state index is -1.48. The van der Waals surface area contributed by atoms with Gasteiger partial charge in [-0.15, -0.1) is 0 Å². The van der Waals surface area contributed by atoms with E-state index >= 15 is 0 Å². The van der Waals surface area contributed by atoms with Gasteiger partial charge in [0.2, 0.25) is 0 Å². The largest absolute Gasteiger partial charge is 0.476 e. The average molecular weight is 223 g/mol. The van der Waals surface area contributed by atoms with E-state index < -0.39 is 16.9 Å². The van der Waals surface area contributed by atoms with Crippen molar-refractivity contribution in [2.75, 3.05) is 0 Å². The van der Waals surface area contributed by atoms with E-state index in [9.17, 15) is 14.9 Å². The number of rotatable bonds is 6. The molecular weight excluding hydrogens is 210 g/mol. The van der Waals surface area contributed by atoms with E-state index in [2.05, 4.69) is 0 Å². The Morgan fingerprint density at radius 2 is 2.00 bits per heavy atom. The van der Waals surface area contributed by atoms with E-state index in [1.807, 2.05) is 30.3 Å². The Bertz CT molecular complexity index is 350. The van der Waals surface area contributed by atoms with Crippen molar-refractivity contribution in [1.29, 1.82) is 0 Å². The third kappa shape index (κ3) is 3.68. The van der Waals surface area contributed by atoms with Crippen LogP contribution in [-0.4, -0.2) is 22.0 Å². The summed E-state index contributed by atoms with van der Waals surface area (Å²) in [5.74, 6) is -1.36. The first-order valence-corrected chi connectivity index (χ1v) is 5.01. The third-order valence-electron chi connectivity index (χ3n) is 2.33. The average Bonchev–Trinajstić information content (AvgIpc) is 2.24. The van der Waals surface area contributed by atoms with E-state index in [-0.39, 0.29) is 6.42 Å². The smallest absolute Gasteiger partial charge is 0.379 e. The van der Waals surface area contributed by atoms with Crippen molar-refractivity contribution < 1.29 is 14.8 Å². The second kappa shape index (κ2) is 5.85. The lowest BCUT2D eigenvalue weighted by atomic mass is 10.1. The van der Waals surface area contributed by atoms with E-state index in [0.717, 1.165) is 5.56 Å². The number of hydrogen-bond acceptors (Lipinski definition) is 3. The zero-order valence-corrected chi connectivity index (χ0v) is 8.70. The molecule has 1 rings (SSSR count). The molecule has 1 unspecified atom stereocenters. The van der Waals surface area contributed by atoms with Crippen LogP contribution < -0.4 is 0 Å². The second-order valence-electron chi connectivity index (χ2n) is 3.52. The van der Waals surface area contributed by atoms with Crippen LogP contribution in [-0.2, 0) is 11.2 Å². The SMILES string of the molecule is O=C(O)C(CCCc1ccccc1)[N+](=O)[O-]. The number of carboxylic acids is 1. The first-order chi connectivity index (χ1) is 7.61. The number of aliphatic carboxylic acids is 1. The van der Waals surface area contributed by atoms with Crippen LogP contribution in [0.1, 0.15) is 18.4 Å². The van der Waals surface area contributed by atoms with Crippen molar-refractivity contribution in [3.05, 3.63) is 46.0 Å². The molecule has 0 heterocycles. The molecule has 0 saturated carbocycles. The standard InChI is InChI=1S/C11H13NO4/c13-11(14)10(12(15)16)8-4-7-9-5-2-1-3-6-9/h1-3,5-6,10H,4,7-8H2,(H,13,14). The fraction of sp³-hybridized carbons (Fsp3) is 0.364. The molecule has 0 aliphatic heterocycles. The predicted molar refractivity (Wildman–Crippen MR) is 57.8 cm³/mol. The van der Waals surface area contributed by atoms with Gasteiger partial charge in [0.25, 0.3) is 0 Å². The van der Waals surface area contributed by atoms with Crippen molar-refractivity contribution >= 4 is 5.97 Å². The third-order valence-corrected chi connectivity index (χ3v) is 2.33. The van der Waals surface area contributed by atoms with Crippen LogP contribution >= 0.6 is 0 Å². The minimum absolute atomic E-state index is 0.0667. The zero-order chi connectivity index (χ0) is 12.0. The van der Waals surface area contributed by atoms with Crippen LogP contribution in [0.15, 0.2) is 30.3 Å². The quantitative estimate of drug-likeness (QED) is 0.588. The summed E-state index contributed by atoms with van der Waals surface area (Å²) in [4.78, 5) is 20.2. The molecule has 86 valence electrons. The molecule has 0 radical (unpaired) electrons. The summed E-state index contributed by atoms with van der Waals surface area (Å²) >= 11 is 0. The summed E-state index contributed by atoms with van der Waals surface area (Å²) < 4.78 is 0. The van der Waals surface area contributed by atoms with Gasteiger partial charge in [-0.25, -0.2) is 4.79 Å². The molecular formula is C11H13NO4. The maximum absolute atomic E-state index is 10.5. The summed E-state index contributed by atoms with van der Waals surface area (Å²) in [5, 5.41) is 19.0. The van der Waals surface area contributed by atoms with Gasteiger partial charge in [0.1, 0.15) is 0 Å². The fourth-order valence-corrected chi connectivity index (χ4v) is 1.46. The number of hydrogen-bond donors (Lipinski definition) is 1. The minimum Gasteiger partial charge on any atom is -0.476 e. The highest BCUT2D eigenvalue weighted by Crippen LogP contribution is 2.08. The van der Waals surface area contributed by atoms with Gasteiger partial charge in [-0.2, -0.15) is 0 Å². The Kier molecular flexibility index (Phi) is 4.44. The highest BCUT2D eigenvalue weighted by molar-refractivity contribution is 5.71. The Labute approximate surface area is 92.9 Å². The van der Waals surface area contributed by atoms with E-state index in [4.69, 9.17) is 5.11 Å². The van der Waals surface area contributed by atoms with E-state index in [0.29, 0.717) is 12.8 Å². The highest BCUT2D eigenvalue weighted by atomic mass is 16.6. The van der Waals surface area contributed by atoms with Crippen LogP contribution in [0, 0.1) is 10.1 Å². The van der Waals surface area contributed by atoms with Gasteiger partial charge in [-0.05, 0) is 18.4 Å². The van der Waals surface area contributed by atoms with Crippen molar-refractivity contribution in [3.63, 3.8) is 0 Å². The van der Waals surface area contributed by atoms with Crippen LogP contribution in [0.4, 0.5) is 0 Å². The Morgan fingerprint density at radius 1 is 1.38 bits per heavy atom. The molecule has 0 amide bonds. The molecule has 0 fully saturated rings. The van der Waals surface area contributed by atoms with E-state index in [1.165, 1.54) is 0 Å². The monoisotopic (exact) mass is 223 g/mol. The maximum atomic E-state index is 10.5. The van der Waals surface area contributed by atoms with Crippen LogP contribution in [0.2, 0.25) is 0 Å². The lowest BCUT2D eigenvalue weighted by Gasteiger charge is -2.04. The fourth-order valence-electron chi connectivity index (χ4n) is 1.46. The number of aryl methyl sites for hydroxylation is 1. The zero-order valence-electron chi connectivity index (χ0n) is 8.70. The van der Waals surface area contributed by atoms with Crippen molar-refractivity contribution in [2.45, 2.75) is 25.3 Å². The van der Waals surface area contributed by atoms with Gasteiger partial charge in [0, 0.05) is 11.3 Å². The van der Waals surface area contributed by atoms with Crippen molar-refractivity contribution in [2.24, 2.45) is 0 Å². The topological polar surface area (TPSA) is 80.4 Å². The van der Waals surface area contributed by atoms with Gasteiger partial charge < -0.3 is 5.11 Å². The molecule has 0 spiro atoms. The van der Waals surface area contributed by atoms with Crippen molar-refractivity contribution in [1.82, 2.24) is 0 Å². The summed E-state index contributed by atoms with van der Waals surface area (Å²) in [6.07, 6.45) is 1.23. The van der Waals surface area contributed by atoms with Crippen molar-refractivity contribution in [3.8, 4) is 0 Å². The molecule has 0 aromatic heterocycles. The molecule has 0 aliphatic rings. The first-order valence-electron chi connectivity index (χ1n) is 5.01. The molecule has 0 saturated heterocycles. The molecule has 16 heavy (non-hydrogen) atoms. The van der Waals surface area contributed by atoms with E-state index in [1.54, 1.807) is 0 Å². The number of benzene rings is 1. The first kappa shape index (κ1) is 12.2. The summed E-state index contributed by atoms with van der Waals surface area (Å²) in [7, 11) is 0. The van der Waals surface area contributed by atoms with Gasteiger partial charge in [-0.3, -0.25) is 10.1 Å². The molecule has 1 atom stereocenters. The summed E-state index contributed by atoms with van der Waals surface area (Å²) in [6.45, 7) is 0. The predicted octanol–water partition coefficient (Wildman–Crippen LogP) is 1.74. The van der Waals surface area contributed by atoms with Gasteiger partial charge >= 0.3 is 12.0 Å². The lowest BCUT2D eigenvalue weighted by molar-refractivity contribution is -0.511.